The van der Waals surface area contributed by atoms with Gasteiger partial charge in [-0.1, -0.05) is 23.7 Å². The lowest BCUT2D eigenvalue weighted by atomic mass is 10.1. The molecule has 5 heteroatoms. The molecular weight excluding hydrogens is 246 g/mol. The van der Waals surface area contributed by atoms with Gasteiger partial charge in [0.1, 0.15) is 0 Å². The van der Waals surface area contributed by atoms with Crippen LogP contribution in [-0.4, -0.2) is 26.0 Å². The largest absolute Gasteiger partial charge is 0.305 e. The van der Waals surface area contributed by atoms with Crippen LogP contribution in [0.5, 0.6) is 0 Å². The molecule has 1 aliphatic heterocycles. The predicted octanol–water partition coefficient (Wildman–Crippen LogP) is 1.79. The Morgan fingerprint density at radius 2 is 2.12 bits per heavy atom. The van der Waals surface area contributed by atoms with E-state index >= 15 is 0 Å². The molecule has 0 spiro atoms. The molecule has 1 aromatic rings. The van der Waals surface area contributed by atoms with Crippen LogP contribution in [0.4, 0.5) is 0 Å². The fourth-order valence-corrected chi connectivity index (χ4v) is 3.41. The Kier molecular flexibility index (Phi) is 3.24. The summed E-state index contributed by atoms with van der Waals surface area (Å²) in [6, 6.07) is 7.81. The van der Waals surface area contributed by atoms with E-state index in [1.807, 2.05) is 31.2 Å². The molecule has 0 radical (unpaired) electrons. The maximum absolute atomic E-state index is 11.0. The number of halogens is 1. The Balaban J connectivity index is 1.96. The molecule has 0 aliphatic carbocycles. The van der Waals surface area contributed by atoms with Gasteiger partial charge in [-0.25, -0.2) is 8.42 Å². The van der Waals surface area contributed by atoms with E-state index in [0.717, 1.165) is 5.56 Å². The van der Waals surface area contributed by atoms with Gasteiger partial charge in [0.2, 0.25) is 0 Å². The predicted molar refractivity (Wildman–Crippen MR) is 65.4 cm³/mol. The van der Waals surface area contributed by atoms with Crippen molar-refractivity contribution in [1.82, 2.24) is 5.32 Å². The number of sulfone groups is 1. The SMILES string of the molecule is CC(NC1CS(=O)(=O)C1)c1cccc(Cl)c1. The Bertz CT molecular complexity index is 475. The summed E-state index contributed by atoms with van der Waals surface area (Å²) < 4.78 is 22.0. The van der Waals surface area contributed by atoms with E-state index in [-0.39, 0.29) is 23.6 Å². The van der Waals surface area contributed by atoms with Crippen LogP contribution in [0.15, 0.2) is 24.3 Å². The minimum absolute atomic E-state index is 0.0824. The Hall–Kier alpha value is -0.580. The van der Waals surface area contributed by atoms with Crippen molar-refractivity contribution < 1.29 is 8.42 Å². The summed E-state index contributed by atoms with van der Waals surface area (Å²) in [7, 11) is -2.76. The number of hydrogen-bond acceptors (Lipinski definition) is 3. The molecule has 1 atom stereocenters. The van der Waals surface area contributed by atoms with E-state index in [0.29, 0.717) is 5.02 Å². The van der Waals surface area contributed by atoms with E-state index in [4.69, 9.17) is 11.6 Å². The van der Waals surface area contributed by atoms with E-state index in [2.05, 4.69) is 5.32 Å². The molecule has 1 fully saturated rings. The summed E-state index contributed by atoms with van der Waals surface area (Å²) >= 11 is 5.89. The third kappa shape index (κ3) is 2.75. The molecule has 0 bridgehead atoms. The molecule has 1 aromatic carbocycles. The van der Waals surface area contributed by atoms with Crippen LogP contribution >= 0.6 is 11.6 Å². The van der Waals surface area contributed by atoms with Gasteiger partial charge in [-0.05, 0) is 24.6 Å². The van der Waals surface area contributed by atoms with Crippen LogP contribution in [-0.2, 0) is 9.84 Å². The van der Waals surface area contributed by atoms with Crippen molar-refractivity contribution in [1.29, 1.82) is 0 Å². The highest BCUT2D eigenvalue weighted by Gasteiger charge is 2.33. The quantitative estimate of drug-likeness (QED) is 0.900. The van der Waals surface area contributed by atoms with Crippen molar-refractivity contribution in [2.24, 2.45) is 0 Å². The highest BCUT2D eigenvalue weighted by atomic mass is 35.5. The molecule has 1 unspecified atom stereocenters. The summed E-state index contributed by atoms with van der Waals surface area (Å²) in [5.41, 5.74) is 1.08. The lowest BCUT2D eigenvalue weighted by Gasteiger charge is -2.30. The highest BCUT2D eigenvalue weighted by molar-refractivity contribution is 7.92. The Labute approximate surface area is 101 Å². The summed E-state index contributed by atoms with van der Waals surface area (Å²) in [4.78, 5) is 0. The van der Waals surface area contributed by atoms with E-state index in [1.165, 1.54) is 0 Å². The molecule has 88 valence electrons. The second-order valence-electron chi connectivity index (χ2n) is 4.22. The zero-order chi connectivity index (χ0) is 11.8. The van der Waals surface area contributed by atoms with E-state index in [1.54, 1.807) is 0 Å². The van der Waals surface area contributed by atoms with Crippen LogP contribution in [0.25, 0.3) is 0 Å². The molecule has 2 rings (SSSR count). The molecule has 16 heavy (non-hydrogen) atoms. The van der Waals surface area contributed by atoms with Gasteiger partial charge in [0.15, 0.2) is 9.84 Å². The van der Waals surface area contributed by atoms with Crippen LogP contribution in [0.3, 0.4) is 0 Å². The molecule has 0 saturated carbocycles. The minimum Gasteiger partial charge on any atom is -0.305 e. The van der Waals surface area contributed by atoms with Crippen molar-refractivity contribution in [2.75, 3.05) is 11.5 Å². The van der Waals surface area contributed by atoms with Gasteiger partial charge in [0.25, 0.3) is 0 Å². The molecule has 3 nitrogen and oxygen atoms in total. The van der Waals surface area contributed by atoms with Crippen LogP contribution in [0, 0.1) is 0 Å². The summed E-state index contributed by atoms with van der Waals surface area (Å²) in [6.45, 7) is 2.01. The van der Waals surface area contributed by atoms with E-state index in [9.17, 15) is 8.42 Å². The smallest absolute Gasteiger partial charge is 0.153 e. The van der Waals surface area contributed by atoms with Crippen molar-refractivity contribution in [3.8, 4) is 0 Å². The summed E-state index contributed by atoms with van der Waals surface area (Å²) in [6.07, 6.45) is 0. The van der Waals surface area contributed by atoms with Crippen molar-refractivity contribution in [3.63, 3.8) is 0 Å². The van der Waals surface area contributed by atoms with Crippen LogP contribution < -0.4 is 5.32 Å². The number of benzene rings is 1. The molecule has 1 aliphatic rings. The molecular formula is C11H14ClNO2S. The zero-order valence-corrected chi connectivity index (χ0v) is 10.6. The van der Waals surface area contributed by atoms with Gasteiger partial charge in [-0.3, -0.25) is 0 Å². The lowest BCUT2D eigenvalue weighted by molar-refractivity contribution is 0.468. The van der Waals surface area contributed by atoms with E-state index < -0.39 is 9.84 Å². The van der Waals surface area contributed by atoms with Gasteiger partial charge < -0.3 is 5.32 Å². The number of rotatable bonds is 3. The van der Waals surface area contributed by atoms with Crippen LogP contribution in [0.1, 0.15) is 18.5 Å². The molecule has 1 saturated heterocycles. The van der Waals surface area contributed by atoms with Crippen LogP contribution in [0.2, 0.25) is 5.02 Å². The number of hydrogen-bond donors (Lipinski definition) is 1. The van der Waals surface area contributed by atoms with Gasteiger partial charge in [0.05, 0.1) is 11.5 Å². The Morgan fingerprint density at radius 1 is 1.44 bits per heavy atom. The maximum atomic E-state index is 11.0. The average molecular weight is 260 g/mol. The second-order valence-corrected chi connectivity index (χ2v) is 6.81. The third-order valence-corrected chi connectivity index (χ3v) is 4.80. The van der Waals surface area contributed by atoms with Crippen molar-refractivity contribution >= 4 is 21.4 Å². The highest BCUT2D eigenvalue weighted by Crippen LogP contribution is 2.20. The summed E-state index contributed by atoms with van der Waals surface area (Å²) in [5, 5.41) is 3.98. The first-order valence-corrected chi connectivity index (χ1v) is 7.38. The monoisotopic (exact) mass is 259 g/mol. The lowest BCUT2D eigenvalue weighted by Crippen LogP contribution is -2.51. The van der Waals surface area contributed by atoms with Crippen molar-refractivity contribution in [3.05, 3.63) is 34.9 Å². The fourth-order valence-electron chi connectivity index (χ4n) is 1.89. The van der Waals surface area contributed by atoms with Gasteiger partial charge >= 0.3 is 0 Å². The summed E-state index contributed by atoms with van der Waals surface area (Å²) in [5.74, 6) is 0.496. The molecule has 0 amide bonds. The van der Waals surface area contributed by atoms with Gasteiger partial charge in [0, 0.05) is 17.1 Å². The molecule has 1 N–H and O–H groups in total. The first-order valence-electron chi connectivity index (χ1n) is 5.18. The standard InChI is InChI=1S/C11H14ClNO2S/c1-8(9-3-2-4-10(12)5-9)13-11-6-16(14,15)7-11/h2-5,8,11,13H,6-7H2,1H3. The second kappa shape index (κ2) is 4.35. The third-order valence-electron chi connectivity index (χ3n) is 2.74. The minimum atomic E-state index is -2.76. The maximum Gasteiger partial charge on any atom is 0.153 e. The topological polar surface area (TPSA) is 46.2 Å². The zero-order valence-electron chi connectivity index (χ0n) is 8.98. The first kappa shape index (κ1) is 11.9. The normalized spacial score (nSPS) is 21.4. The Morgan fingerprint density at radius 3 is 2.69 bits per heavy atom. The van der Waals surface area contributed by atoms with Gasteiger partial charge in [-0.15, -0.1) is 0 Å². The first-order chi connectivity index (χ1) is 7.46. The van der Waals surface area contributed by atoms with Crippen molar-refractivity contribution in [2.45, 2.75) is 19.0 Å². The molecule has 0 aromatic heterocycles. The average Bonchev–Trinajstić information content (AvgIpc) is 2.14. The number of nitrogens with one attached hydrogen (secondary N) is 1. The molecule has 1 heterocycles. The fraction of sp³-hybridized carbons (Fsp3) is 0.455. The van der Waals surface area contributed by atoms with Gasteiger partial charge in [-0.2, -0.15) is 0 Å².